The Hall–Kier alpha value is -3.02. The molecule has 1 heterocycles. The van der Waals surface area contributed by atoms with Crippen LogP contribution in [0.3, 0.4) is 0 Å². The van der Waals surface area contributed by atoms with Crippen molar-refractivity contribution in [3.05, 3.63) is 71.0 Å². The second-order valence-corrected chi connectivity index (χ2v) is 5.15. The molecular weight excluding hydrogens is 299 g/mol. The van der Waals surface area contributed by atoms with Gasteiger partial charge in [-0.05, 0) is 36.2 Å². The van der Waals surface area contributed by atoms with E-state index >= 15 is 0 Å². The smallest absolute Gasteiger partial charge is 0.273 e. The van der Waals surface area contributed by atoms with Gasteiger partial charge in [0.2, 0.25) is 5.91 Å². The molecule has 3 rings (SSSR count). The first-order valence-corrected chi connectivity index (χ1v) is 7.08. The van der Waals surface area contributed by atoms with E-state index in [0.717, 1.165) is 10.6 Å². The number of carbonyl (C=O) groups excluding carboxylic acids is 3. The van der Waals surface area contributed by atoms with Gasteiger partial charge in [-0.25, -0.2) is 4.39 Å². The topological polar surface area (TPSA) is 66.5 Å². The lowest BCUT2D eigenvalue weighted by atomic mass is 10.1. The molecule has 0 unspecified atom stereocenters. The highest BCUT2D eigenvalue weighted by Gasteiger charge is 2.36. The monoisotopic (exact) mass is 312 g/mol. The molecule has 0 saturated heterocycles. The predicted octanol–water partition coefficient (Wildman–Crippen LogP) is 2.09. The normalized spacial score (nSPS) is 13.2. The minimum Gasteiger partial charge on any atom is -0.273 e. The molecule has 0 radical (unpaired) electrons. The Bertz CT molecular complexity index is 752. The maximum atomic E-state index is 12.8. The number of carbonyl (C=O) groups is 3. The molecule has 2 aromatic rings. The summed E-state index contributed by atoms with van der Waals surface area (Å²) in [5, 5.41) is 0.734. The fourth-order valence-electron chi connectivity index (χ4n) is 2.38. The standard InChI is InChI=1S/C17H13FN2O3/c18-12-8-5-11(6-9-12)7-10-15(21)19-20-16(22)13-3-1-2-4-14(13)17(20)23/h1-6,8-9H,7,10H2,(H,19,21). The van der Waals surface area contributed by atoms with E-state index in [0.29, 0.717) is 6.42 Å². The molecule has 1 aliphatic rings. The van der Waals surface area contributed by atoms with Gasteiger partial charge in [-0.15, -0.1) is 0 Å². The fraction of sp³-hybridized carbons (Fsp3) is 0.118. The highest BCUT2D eigenvalue weighted by molar-refractivity contribution is 6.21. The first-order chi connectivity index (χ1) is 11.1. The number of benzene rings is 2. The van der Waals surface area contributed by atoms with E-state index in [9.17, 15) is 18.8 Å². The van der Waals surface area contributed by atoms with Gasteiger partial charge in [0.05, 0.1) is 11.1 Å². The Morgan fingerprint density at radius 1 is 0.957 bits per heavy atom. The average Bonchev–Trinajstić information content (AvgIpc) is 2.80. The molecule has 0 aliphatic carbocycles. The summed E-state index contributed by atoms with van der Waals surface area (Å²) in [4.78, 5) is 36.2. The Morgan fingerprint density at radius 2 is 1.52 bits per heavy atom. The van der Waals surface area contributed by atoms with Gasteiger partial charge in [-0.1, -0.05) is 24.3 Å². The van der Waals surface area contributed by atoms with Gasteiger partial charge in [0.1, 0.15) is 5.82 Å². The summed E-state index contributed by atoms with van der Waals surface area (Å²) in [7, 11) is 0. The van der Waals surface area contributed by atoms with E-state index in [-0.39, 0.29) is 23.4 Å². The van der Waals surface area contributed by atoms with E-state index in [2.05, 4.69) is 5.43 Å². The van der Waals surface area contributed by atoms with Crippen LogP contribution >= 0.6 is 0 Å². The molecule has 23 heavy (non-hydrogen) atoms. The maximum Gasteiger partial charge on any atom is 0.280 e. The predicted molar refractivity (Wildman–Crippen MR) is 79.8 cm³/mol. The van der Waals surface area contributed by atoms with Crippen molar-refractivity contribution in [3.8, 4) is 0 Å². The molecule has 1 N–H and O–H groups in total. The largest absolute Gasteiger partial charge is 0.280 e. The van der Waals surface area contributed by atoms with Crippen molar-refractivity contribution in [3.63, 3.8) is 0 Å². The summed E-state index contributed by atoms with van der Waals surface area (Å²) < 4.78 is 12.8. The van der Waals surface area contributed by atoms with Crippen molar-refractivity contribution in [2.75, 3.05) is 0 Å². The maximum absolute atomic E-state index is 12.8. The molecular formula is C17H13FN2O3. The quantitative estimate of drug-likeness (QED) is 0.879. The summed E-state index contributed by atoms with van der Waals surface area (Å²) in [5.41, 5.74) is 3.67. The van der Waals surface area contributed by atoms with Gasteiger partial charge in [-0.2, -0.15) is 5.01 Å². The van der Waals surface area contributed by atoms with Gasteiger partial charge in [-0.3, -0.25) is 19.8 Å². The van der Waals surface area contributed by atoms with E-state index in [1.165, 1.54) is 12.1 Å². The Kier molecular flexibility index (Phi) is 3.89. The van der Waals surface area contributed by atoms with Gasteiger partial charge in [0.15, 0.2) is 0 Å². The number of nitrogens with one attached hydrogen (secondary N) is 1. The van der Waals surface area contributed by atoms with Crippen molar-refractivity contribution in [2.24, 2.45) is 0 Å². The van der Waals surface area contributed by atoms with Crippen molar-refractivity contribution >= 4 is 17.7 Å². The van der Waals surface area contributed by atoms with Crippen molar-refractivity contribution in [1.82, 2.24) is 10.4 Å². The SMILES string of the molecule is O=C(CCc1ccc(F)cc1)NN1C(=O)c2ccccc2C1=O. The molecule has 0 saturated carbocycles. The highest BCUT2D eigenvalue weighted by atomic mass is 19.1. The Labute approximate surface area is 131 Å². The molecule has 0 fully saturated rings. The van der Waals surface area contributed by atoms with Crippen molar-refractivity contribution in [1.29, 1.82) is 0 Å². The van der Waals surface area contributed by atoms with Crippen LogP contribution in [0.25, 0.3) is 0 Å². The van der Waals surface area contributed by atoms with Crippen LogP contribution in [0.15, 0.2) is 48.5 Å². The minimum atomic E-state index is -0.541. The van der Waals surface area contributed by atoms with Gasteiger partial charge in [0.25, 0.3) is 11.8 Å². The summed E-state index contributed by atoms with van der Waals surface area (Å²) in [5.74, 6) is -1.88. The zero-order valence-electron chi connectivity index (χ0n) is 12.1. The van der Waals surface area contributed by atoms with E-state index in [1.54, 1.807) is 36.4 Å². The Morgan fingerprint density at radius 3 is 2.09 bits per heavy atom. The Balaban J connectivity index is 1.62. The van der Waals surface area contributed by atoms with Crippen LogP contribution in [0.5, 0.6) is 0 Å². The molecule has 0 atom stereocenters. The second kappa shape index (κ2) is 6.00. The van der Waals surface area contributed by atoms with Crippen LogP contribution in [0.1, 0.15) is 32.7 Å². The summed E-state index contributed by atoms with van der Waals surface area (Å²) in [6.45, 7) is 0. The molecule has 1 aliphatic heterocycles. The van der Waals surface area contributed by atoms with E-state index in [4.69, 9.17) is 0 Å². The highest BCUT2D eigenvalue weighted by Crippen LogP contribution is 2.20. The molecule has 0 spiro atoms. The minimum absolute atomic E-state index is 0.0824. The molecule has 0 bridgehead atoms. The second-order valence-electron chi connectivity index (χ2n) is 5.15. The summed E-state index contributed by atoms with van der Waals surface area (Å²) in [6.07, 6.45) is 0.467. The van der Waals surface area contributed by atoms with Gasteiger partial charge < -0.3 is 0 Å². The number of halogens is 1. The molecule has 3 amide bonds. The van der Waals surface area contributed by atoms with E-state index < -0.39 is 17.7 Å². The number of hydrogen-bond acceptors (Lipinski definition) is 3. The van der Waals surface area contributed by atoms with Crippen LogP contribution in [0.2, 0.25) is 0 Å². The lowest BCUT2D eigenvalue weighted by Gasteiger charge is -2.14. The fourth-order valence-corrected chi connectivity index (χ4v) is 2.38. The summed E-state index contributed by atoms with van der Waals surface area (Å²) >= 11 is 0. The zero-order valence-corrected chi connectivity index (χ0v) is 12.1. The van der Waals surface area contributed by atoms with Crippen molar-refractivity contribution < 1.29 is 18.8 Å². The lowest BCUT2D eigenvalue weighted by Crippen LogP contribution is -2.45. The molecule has 2 aromatic carbocycles. The van der Waals surface area contributed by atoms with Crippen LogP contribution in [0, 0.1) is 5.82 Å². The van der Waals surface area contributed by atoms with Crippen LogP contribution in [-0.4, -0.2) is 22.7 Å². The number of aryl methyl sites for hydroxylation is 1. The van der Waals surface area contributed by atoms with Crippen LogP contribution in [0.4, 0.5) is 4.39 Å². The third-order valence-corrected chi connectivity index (χ3v) is 3.58. The summed E-state index contributed by atoms with van der Waals surface area (Å²) in [6, 6.07) is 12.2. The molecule has 116 valence electrons. The number of imide groups is 1. The number of fused-ring (bicyclic) bond motifs is 1. The number of rotatable bonds is 4. The molecule has 5 nitrogen and oxygen atoms in total. The number of hydrazine groups is 1. The van der Waals surface area contributed by atoms with Crippen LogP contribution in [-0.2, 0) is 11.2 Å². The first-order valence-electron chi connectivity index (χ1n) is 7.08. The van der Waals surface area contributed by atoms with Crippen LogP contribution < -0.4 is 5.43 Å². The van der Waals surface area contributed by atoms with E-state index in [1.807, 2.05) is 0 Å². The average molecular weight is 312 g/mol. The lowest BCUT2D eigenvalue weighted by molar-refractivity contribution is -0.124. The van der Waals surface area contributed by atoms with Crippen molar-refractivity contribution in [2.45, 2.75) is 12.8 Å². The number of hydrogen-bond donors (Lipinski definition) is 1. The van der Waals surface area contributed by atoms with Gasteiger partial charge in [0, 0.05) is 6.42 Å². The third-order valence-electron chi connectivity index (χ3n) is 3.58. The third kappa shape index (κ3) is 2.96. The molecule has 6 heteroatoms. The number of nitrogens with zero attached hydrogens (tertiary/aromatic N) is 1. The number of amides is 3. The zero-order chi connectivity index (χ0) is 16.4. The molecule has 0 aromatic heterocycles. The first kappa shape index (κ1) is 14.9. The van der Waals surface area contributed by atoms with Gasteiger partial charge >= 0.3 is 0 Å².